The Hall–Kier alpha value is -2.20. The van der Waals surface area contributed by atoms with E-state index in [2.05, 4.69) is 39.0 Å². The second kappa shape index (κ2) is 8.06. The average molecular weight is 340 g/mol. The van der Waals surface area contributed by atoms with Gasteiger partial charge in [-0.15, -0.1) is 0 Å². The maximum Gasteiger partial charge on any atom is 0.276 e. The standard InChI is InChI=1S/C20H25NO2Si/c1-4-24(5-2,6-3)20(16-17-12-8-7-9-13-17)18-14-10-11-15-19(18)21(22)23/h7-16H,4-6H2,1-3H3/b20-16+. The number of rotatable bonds is 7. The van der Waals surface area contributed by atoms with Gasteiger partial charge in [0.1, 0.15) is 0 Å². The summed E-state index contributed by atoms with van der Waals surface area (Å²) >= 11 is 0. The van der Waals surface area contributed by atoms with Crippen LogP contribution < -0.4 is 0 Å². The molecule has 0 spiro atoms. The molecule has 0 aromatic heterocycles. The van der Waals surface area contributed by atoms with Gasteiger partial charge in [0.2, 0.25) is 0 Å². The number of hydrogen-bond acceptors (Lipinski definition) is 2. The zero-order chi connectivity index (χ0) is 17.6. The van der Waals surface area contributed by atoms with Gasteiger partial charge in [-0.05, 0) is 16.8 Å². The van der Waals surface area contributed by atoms with E-state index in [1.807, 2.05) is 30.3 Å². The normalized spacial score (nSPS) is 12.2. The molecular formula is C20H25NO2Si. The van der Waals surface area contributed by atoms with E-state index in [1.165, 1.54) is 5.20 Å². The van der Waals surface area contributed by atoms with Crippen LogP contribution in [0.15, 0.2) is 54.6 Å². The van der Waals surface area contributed by atoms with Crippen molar-refractivity contribution in [2.75, 3.05) is 0 Å². The van der Waals surface area contributed by atoms with Gasteiger partial charge >= 0.3 is 0 Å². The number of nitro groups is 1. The van der Waals surface area contributed by atoms with Gasteiger partial charge in [0.05, 0.1) is 18.6 Å². The van der Waals surface area contributed by atoms with Crippen LogP contribution in [-0.4, -0.2) is 13.0 Å². The first kappa shape index (κ1) is 18.1. The minimum Gasteiger partial charge on any atom is -0.258 e. The fourth-order valence-electron chi connectivity index (χ4n) is 3.41. The average Bonchev–Trinajstić information content (AvgIpc) is 2.63. The molecule has 0 N–H and O–H groups in total. The van der Waals surface area contributed by atoms with Gasteiger partial charge in [0, 0.05) is 6.07 Å². The first-order valence-electron chi connectivity index (χ1n) is 8.59. The van der Waals surface area contributed by atoms with Crippen molar-refractivity contribution in [2.24, 2.45) is 0 Å². The molecule has 0 unspecified atom stereocenters. The van der Waals surface area contributed by atoms with E-state index >= 15 is 0 Å². The number of nitrogens with zero attached hydrogens (tertiary/aromatic N) is 1. The van der Waals surface area contributed by atoms with E-state index in [-0.39, 0.29) is 10.6 Å². The monoisotopic (exact) mass is 339 g/mol. The number of para-hydroxylation sites is 1. The van der Waals surface area contributed by atoms with Gasteiger partial charge < -0.3 is 0 Å². The Balaban J connectivity index is 2.73. The first-order valence-corrected chi connectivity index (χ1v) is 11.2. The smallest absolute Gasteiger partial charge is 0.258 e. The Morgan fingerprint density at radius 1 is 0.958 bits per heavy atom. The highest BCUT2D eigenvalue weighted by Gasteiger charge is 2.35. The maximum atomic E-state index is 11.6. The number of nitro benzene ring substituents is 1. The van der Waals surface area contributed by atoms with E-state index < -0.39 is 8.07 Å². The number of hydrogen-bond donors (Lipinski definition) is 0. The highest BCUT2D eigenvalue weighted by molar-refractivity contribution is 6.97. The Kier molecular flexibility index (Phi) is 6.09. The summed E-state index contributed by atoms with van der Waals surface area (Å²) < 4.78 is 0. The van der Waals surface area contributed by atoms with Gasteiger partial charge in [-0.2, -0.15) is 0 Å². The quantitative estimate of drug-likeness (QED) is 0.261. The van der Waals surface area contributed by atoms with E-state index in [4.69, 9.17) is 0 Å². The molecule has 0 fully saturated rings. The molecule has 0 saturated carbocycles. The Morgan fingerprint density at radius 2 is 1.50 bits per heavy atom. The van der Waals surface area contributed by atoms with Crippen LogP contribution in [0.1, 0.15) is 31.9 Å². The third-order valence-corrected chi connectivity index (χ3v) is 10.7. The van der Waals surface area contributed by atoms with E-state index in [9.17, 15) is 10.1 Å². The third-order valence-electron chi connectivity index (χ3n) is 5.10. The van der Waals surface area contributed by atoms with Crippen molar-refractivity contribution in [3.05, 3.63) is 75.8 Å². The van der Waals surface area contributed by atoms with Crippen molar-refractivity contribution in [2.45, 2.75) is 38.9 Å². The minimum atomic E-state index is -1.79. The summed E-state index contributed by atoms with van der Waals surface area (Å²) in [5.41, 5.74) is 2.12. The molecule has 0 aliphatic rings. The lowest BCUT2D eigenvalue weighted by Gasteiger charge is -2.31. The highest BCUT2D eigenvalue weighted by atomic mass is 28.3. The fourth-order valence-corrected chi connectivity index (χ4v) is 7.31. The highest BCUT2D eigenvalue weighted by Crippen LogP contribution is 2.40. The molecule has 0 saturated heterocycles. The van der Waals surface area contributed by atoms with Crippen molar-refractivity contribution in [3.63, 3.8) is 0 Å². The van der Waals surface area contributed by atoms with Crippen LogP contribution in [0.5, 0.6) is 0 Å². The van der Waals surface area contributed by atoms with E-state index in [0.29, 0.717) is 0 Å². The summed E-state index contributed by atoms with van der Waals surface area (Å²) in [6, 6.07) is 20.6. The molecule has 3 nitrogen and oxygen atoms in total. The fraction of sp³-hybridized carbons (Fsp3) is 0.300. The summed E-state index contributed by atoms with van der Waals surface area (Å²) in [5, 5.41) is 12.8. The van der Waals surface area contributed by atoms with E-state index in [0.717, 1.165) is 29.3 Å². The van der Waals surface area contributed by atoms with Crippen LogP contribution in [0.4, 0.5) is 5.69 Å². The summed E-state index contributed by atoms with van der Waals surface area (Å²) in [4.78, 5) is 11.3. The third kappa shape index (κ3) is 3.65. The van der Waals surface area contributed by atoms with Crippen LogP contribution in [-0.2, 0) is 0 Å². The maximum absolute atomic E-state index is 11.6. The molecule has 0 aliphatic carbocycles. The van der Waals surface area contributed by atoms with Crippen molar-refractivity contribution in [3.8, 4) is 0 Å². The first-order chi connectivity index (χ1) is 11.6. The van der Waals surface area contributed by atoms with E-state index in [1.54, 1.807) is 12.1 Å². The molecule has 2 rings (SSSR count). The second-order valence-corrected chi connectivity index (χ2v) is 11.3. The SMILES string of the molecule is CC[Si](CC)(CC)/C(=C/c1ccccc1)c1ccccc1[N+](=O)[O-]. The molecule has 4 heteroatoms. The van der Waals surface area contributed by atoms with Gasteiger partial charge in [0.15, 0.2) is 0 Å². The molecule has 126 valence electrons. The predicted molar refractivity (Wildman–Crippen MR) is 105 cm³/mol. The van der Waals surface area contributed by atoms with Crippen molar-refractivity contribution in [1.29, 1.82) is 0 Å². The minimum absolute atomic E-state index is 0.215. The molecule has 2 aromatic rings. The lowest BCUT2D eigenvalue weighted by atomic mass is 10.1. The summed E-state index contributed by atoms with van der Waals surface area (Å²) in [6.07, 6.45) is 2.19. The van der Waals surface area contributed by atoms with Crippen molar-refractivity contribution >= 4 is 25.0 Å². The molecule has 2 aromatic carbocycles. The van der Waals surface area contributed by atoms with Gasteiger partial charge in [-0.3, -0.25) is 10.1 Å². The molecule has 0 heterocycles. The predicted octanol–water partition coefficient (Wildman–Crippen LogP) is 6.18. The zero-order valence-corrected chi connectivity index (χ0v) is 15.7. The Bertz CT molecular complexity index is 713. The van der Waals surface area contributed by atoms with Crippen molar-refractivity contribution < 1.29 is 4.92 Å². The van der Waals surface area contributed by atoms with Crippen LogP contribution in [0.3, 0.4) is 0 Å². The molecule has 0 amide bonds. The summed E-state index contributed by atoms with van der Waals surface area (Å²) in [5.74, 6) is 0. The van der Waals surface area contributed by atoms with Crippen LogP contribution in [0, 0.1) is 10.1 Å². The van der Waals surface area contributed by atoms with Gasteiger partial charge in [-0.1, -0.05) is 87.4 Å². The Morgan fingerprint density at radius 3 is 2.04 bits per heavy atom. The van der Waals surface area contributed by atoms with Crippen molar-refractivity contribution in [1.82, 2.24) is 0 Å². The number of benzene rings is 2. The van der Waals surface area contributed by atoms with Gasteiger partial charge in [-0.25, -0.2) is 0 Å². The molecule has 24 heavy (non-hydrogen) atoms. The second-order valence-electron chi connectivity index (χ2n) is 6.08. The summed E-state index contributed by atoms with van der Waals surface area (Å²) in [7, 11) is -1.79. The topological polar surface area (TPSA) is 43.1 Å². The van der Waals surface area contributed by atoms with Crippen LogP contribution in [0.25, 0.3) is 11.3 Å². The lowest BCUT2D eigenvalue weighted by Crippen LogP contribution is -2.33. The molecular weight excluding hydrogens is 314 g/mol. The molecule has 0 radical (unpaired) electrons. The van der Waals surface area contributed by atoms with Gasteiger partial charge in [0.25, 0.3) is 5.69 Å². The summed E-state index contributed by atoms with van der Waals surface area (Å²) in [6.45, 7) is 6.69. The van der Waals surface area contributed by atoms with Crippen LogP contribution >= 0.6 is 0 Å². The lowest BCUT2D eigenvalue weighted by molar-refractivity contribution is -0.385. The zero-order valence-electron chi connectivity index (χ0n) is 14.7. The molecule has 0 atom stereocenters. The van der Waals surface area contributed by atoms with Crippen LogP contribution in [0.2, 0.25) is 18.1 Å². The largest absolute Gasteiger partial charge is 0.276 e. The molecule has 0 bridgehead atoms. The molecule has 0 aliphatic heterocycles. The Labute approximate surface area is 145 Å².